The number of hydrogen-bond acceptors (Lipinski definition) is 8. The molecule has 4 rings (SSSR count). The number of likely N-dealkylation sites (tertiary alicyclic amines) is 1. The van der Waals surface area contributed by atoms with Gasteiger partial charge in [-0.15, -0.1) is 11.3 Å². The number of ether oxygens (including phenoxy) is 1. The van der Waals surface area contributed by atoms with Crippen molar-refractivity contribution in [2.75, 3.05) is 53.5 Å². The zero-order valence-electron chi connectivity index (χ0n) is 19.0. The molecule has 2 aromatic rings. The number of hydrogen-bond donors (Lipinski definition) is 1. The van der Waals surface area contributed by atoms with Crippen molar-refractivity contribution in [2.24, 2.45) is 0 Å². The van der Waals surface area contributed by atoms with Crippen LogP contribution in [0.4, 0.5) is 0 Å². The lowest BCUT2D eigenvalue weighted by molar-refractivity contribution is -0.140. The van der Waals surface area contributed by atoms with E-state index in [1.807, 2.05) is 17.5 Å². The second-order valence-electron chi connectivity index (χ2n) is 8.27. The molecule has 9 nitrogen and oxygen atoms in total. The smallest absolute Gasteiger partial charge is 0.295 e. The predicted octanol–water partition coefficient (Wildman–Crippen LogP) is 1.75. The van der Waals surface area contributed by atoms with Crippen LogP contribution in [0.5, 0.6) is 0 Å². The molecule has 1 aromatic heterocycles. The van der Waals surface area contributed by atoms with Gasteiger partial charge in [-0.25, -0.2) is 12.7 Å². The topological polar surface area (TPSA) is 107 Å². The monoisotopic (exact) mass is 505 g/mol. The van der Waals surface area contributed by atoms with Crippen molar-refractivity contribution in [1.29, 1.82) is 0 Å². The van der Waals surface area contributed by atoms with Gasteiger partial charge in [-0.3, -0.25) is 14.5 Å². The third-order valence-corrected chi connectivity index (χ3v) is 8.77. The van der Waals surface area contributed by atoms with Crippen LogP contribution in [-0.2, 0) is 24.3 Å². The maximum absolute atomic E-state index is 13.1. The molecule has 3 heterocycles. The van der Waals surface area contributed by atoms with E-state index < -0.39 is 27.8 Å². The van der Waals surface area contributed by atoms with Crippen molar-refractivity contribution in [1.82, 2.24) is 14.1 Å². The lowest BCUT2D eigenvalue weighted by atomic mass is 10.00. The van der Waals surface area contributed by atoms with Crippen LogP contribution < -0.4 is 0 Å². The minimum absolute atomic E-state index is 0.0117. The quantitative estimate of drug-likeness (QED) is 0.347. The Labute approximate surface area is 202 Å². The van der Waals surface area contributed by atoms with Crippen LogP contribution in [0.15, 0.2) is 52.2 Å². The fourth-order valence-corrected chi connectivity index (χ4v) is 5.83. The van der Waals surface area contributed by atoms with Crippen LogP contribution in [0.1, 0.15) is 16.5 Å². The van der Waals surface area contributed by atoms with Crippen LogP contribution in [-0.4, -0.2) is 92.8 Å². The molecule has 0 aliphatic carbocycles. The van der Waals surface area contributed by atoms with Crippen molar-refractivity contribution in [3.8, 4) is 0 Å². The normalized spacial score (nSPS) is 21.5. The van der Waals surface area contributed by atoms with Gasteiger partial charge in [0.1, 0.15) is 5.76 Å². The maximum atomic E-state index is 13.1. The van der Waals surface area contributed by atoms with Crippen LogP contribution in [0.25, 0.3) is 5.76 Å². The van der Waals surface area contributed by atoms with E-state index >= 15 is 0 Å². The lowest BCUT2D eigenvalue weighted by Crippen LogP contribution is -2.42. The zero-order valence-corrected chi connectivity index (χ0v) is 20.6. The Balaban J connectivity index is 1.68. The van der Waals surface area contributed by atoms with Crippen LogP contribution in [0.2, 0.25) is 0 Å². The third-order valence-electron chi connectivity index (χ3n) is 6.02. The molecule has 0 spiro atoms. The number of rotatable bonds is 7. The van der Waals surface area contributed by atoms with Gasteiger partial charge in [-0.05, 0) is 35.7 Å². The molecule has 2 fully saturated rings. The number of thiophene rings is 1. The molecule has 2 aliphatic heterocycles. The molecular formula is C23H27N3O6S2. The van der Waals surface area contributed by atoms with Gasteiger partial charge in [0.05, 0.1) is 29.7 Å². The average Bonchev–Trinajstić information content (AvgIpc) is 3.45. The highest BCUT2D eigenvalue weighted by Crippen LogP contribution is 2.41. The van der Waals surface area contributed by atoms with E-state index in [4.69, 9.17) is 4.74 Å². The number of aliphatic hydroxyl groups excluding tert-OH is 1. The Morgan fingerprint density at radius 1 is 1.12 bits per heavy atom. The number of carbonyl (C=O) groups excluding carboxylic acids is 2. The zero-order chi connectivity index (χ0) is 24.5. The number of aliphatic hydroxyl groups is 1. The van der Waals surface area contributed by atoms with Crippen molar-refractivity contribution in [3.63, 3.8) is 0 Å². The molecule has 1 aromatic carbocycles. The third kappa shape index (κ3) is 4.66. The van der Waals surface area contributed by atoms with Crippen molar-refractivity contribution in [2.45, 2.75) is 10.9 Å². The first-order chi connectivity index (χ1) is 16.2. The first-order valence-electron chi connectivity index (χ1n) is 10.9. The second-order valence-corrected chi connectivity index (χ2v) is 11.4. The molecule has 1 N–H and O–H groups in total. The highest BCUT2D eigenvalue weighted by Gasteiger charge is 2.46. The van der Waals surface area contributed by atoms with Gasteiger partial charge in [-0.1, -0.05) is 6.07 Å². The molecule has 0 unspecified atom stereocenters. The summed E-state index contributed by atoms with van der Waals surface area (Å²) in [5, 5.41) is 13.0. The highest BCUT2D eigenvalue weighted by atomic mass is 32.2. The van der Waals surface area contributed by atoms with Gasteiger partial charge < -0.3 is 14.7 Å². The van der Waals surface area contributed by atoms with E-state index in [2.05, 4.69) is 4.90 Å². The fraction of sp³-hybridized carbons (Fsp3) is 0.391. The van der Waals surface area contributed by atoms with Gasteiger partial charge >= 0.3 is 0 Å². The highest BCUT2D eigenvalue weighted by molar-refractivity contribution is 7.89. The molecule has 1 atom stereocenters. The number of ketones is 1. The van der Waals surface area contributed by atoms with Gasteiger partial charge in [0.15, 0.2) is 0 Å². The Morgan fingerprint density at radius 3 is 2.38 bits per heavy atom. The maximum Gasteiger partial charge on any atom is 0.295 e. The van der Waals surface area contributed by atoms with Crippen molar-refractivity contribution < 1.29 is 27.9 Å². The molecule has 0 bridgehead atoms. The summed E-state index contributed by atoms with van der Waals surface area (Å²) in [6.07, 6.45) is 0. The largest absolute Gasteiger partial charge is 0.507 e. The van der Waals surface area contributed by atoms with E-state index in [0.717, 1.165) is 22.3 Å². The summed E-state index contributed by atoms with van der Waals surface area (Å²) in [5.41, 5.74) is 0.281. The van der Waals surface area contributed by atoms with Gasteiger partial charge in [-0.2, -0.15) is 0 Å². The van der Waals surface area contributed by atoms with E-state index in [1.165, 1.54) is 54.6 Å². The predicted molar refractivity (Wildman–Crippen MR) is 128 cm³/mol. The molecule has 0 saturated carbocycles. The van der Waals surface area contributed by atoms with E-state index in [0.29, 0.717) is 26.3 Å². The van der Waals surface area contributed by atoms with Gasteiger partial charge in [0.2, 0.25) is 10.0 Å². The van der Waals surface area contributed by atoms with E-state index in [9.17, 15) is 23.1 Å². The SMILES string of the molecule is CN(C)S(=O)(=O)c1ccc(/C(O)=C2\C(=O)C(=O)N(CCN3CCOCC3)[C@@H]2c2cccs2)cc1. The Morgan fingerprint density at radius 2 is 1.79 bits per heavy atom. The van der Waals surface area contributed by atoms with Crippen molar-refractivity contribution >= 4 is 38.8 Å². The average molecular weight is 506 g/mol. The van der Waals surface area contributed by atoms with Crippen LogP contribution >= 0.6 is 11.3 Å². The summed E-state index contributed by atoms with van der Waals surface area (Å²) in [4.78, 5) is 30.6. The minimum Gasteiger partial charge on any atom is -0.507 e. The van der Waals surface area contributed by atoms with E-state index in [-0.39, 0.29) is 21.8 Å². The van der Waals surface area contributed by atoms with E-state index in [1.54, 1.807) is 0 Å². The number of amides is 1. The first-order valence-corrected chi connectivity index (χ1v) is 13.2. The molecule has 2 saturated heterocycles. The molecule has 34 heavy (non-hydrogen) atoms. The Kier molecular flexibility index (Phi) is 7.20. The number of nitrogens with zero attached hydrogens (tertiary/aromatic N) is 3. The number of Topliss-reactive ketones (excluding diaryl/α,β-unsaturated/α-hetero) is 1. The number of benzene rings is 1. The molecule has 11 heteroatoms. The van der Waals surface area contributed by atoms with Crippen molar-refractivity contribution in [3.05, 3.63) is 57.8 Å². The fourth-order valence-electron chi connectivity index (χ4n) is 4.08. The standard InChI is InChI=1S/C23H27N3O6S2/c1-24(2)34(30,31)17-7-5-16(6-8-17)21(27)19-20(18-4-3-15-33-18)26(23(29)22(19)28)10-9-25-11-13-32-14-12-25/h3-8,15,20,27H,9-14H2,1-2H3/b21-19+/t20-/m1/s1. The molecule has 0 radical (unpaired) electrons. The minimum atomic E-state index is -3.64. The van der Waals surface area contributed by atoms with Crippen LogP contribution in [0.3, 0.4) is 0 Å². The summed E-state index contributed by atoms with van der Waals surface area (Å²) in [5.74, 6) is -1.72. The Hall–Kier alpha value is -2.57. The first kappa shape index (κ1) is 24.6. The molecule has 182 valence electrons. The van der Waals surface area contributed by atoms with Crippen LogP contribution in [0, 0.1) is 0 Å². The summed E-state index contributed by atoms with van der Waals surface area (Å²) in [6, 6.07) is 8.60. The molecule has 2 aliphatic rings. The second kappa shape index (κ2) is 9.96. The molecular weight excluding hydrogens is 478 g/mol. The molecule has 1 amide bonds. The summed E-state index contributed by atoms with van der Waals surface area (Å²) >= 11 is 1.40. The summed E-state index contributed by atoms with van der Waals surface area (Å²) in [7, 11) is -0.770. The lowest BCUT2D eigenvalue weighted by Gasteiger charge is -2.30. The number of sulfonamides is 1. The van der Waals surface area contributed by atoms with Gasteiger partial charge in [0.25, 0.3) is 11.7 Å². The summed E-state index contributed by atoms with van der Waals surface area (Å²) < 4.78 is 31.2. The Bertz CT molecular complexity index is 1180. The van der Waals surface area contributed by atoms with Gasteiger partial charge in [0, 0.05) is 50.7 Å². The number of morpholine rings is 1. The summed E-state index contributed by atoms with van der Waals surface area (Å²) in [6.45, 7) is 3.71. The number of carbonyl (C=O) groups is 2.